The van der Waals surface area contributed by atoms with Crippen LogP contribution in [0.3, 0.4) is 0 Å². The van der Waals surface area contributed by atoms with Crippen molar-refractivity contribution in [2.45, 2.75) is 60.3 Å². The Bertz CT molecular complexity index is 263. The van der Waals surface area contributed by atoms with E-state index in [4.69, 9.17) is 0 Å². The lowest BCUT2D eigenvalue weighted by Gasteiger charge is -2.24. The van der Waals surface area contributed by atoms with Crippen LogP contribution in [0.15, 0.2) is 0 Å². The summed E-state index contributed by atoms with van der Waals surface area (Å²) in [4.78, 5) is 14.4. The minimum Gasteiger partial charge on any atom is -0.303 e. The molecule has 0 saturated carbocycles. The van der Waals surface area contributed by atoms with Crippen LogP contribution in [-0.4, -0.2) is 30.3 Å². The van der Waals surface area contributed by atoms with E-state index < -0.39 is 0 Å². The van der Waals surface area contributed by atoms with Gasteiger partial charge in [0.25, 0.3) is 0 Å². The van der Waals surface area contributed by atoms with E-state index in [2.05, 4.69) is 18.7 Å². The van der Waals surface area contributed by atoms with E-state index in [1.807, 2.05) is 20.8 Å². The van der Waals surface area contributed by atoms with Crippen molar-refractivity contribution < 1.29 is 4.79 Å². The molecule has 0 aromatic heterocycles. The first-order valence-electron chi connectivity index (χ1n) is 6.96. The van der Waals surface area contributed by atoms with Gasteiger partial charge in [-0.2, -0.15) is 0 Å². The van der Waals surface area contributed by atoms with E-state index >= 15 is 0 Å². The van der Waals surface area contributed by atoms with Crippen LogP contribution in [-0.2, 0) is 4.79 Å². The van der Waals surface area contributed by atoms with Gasteiger partial charge in [-0.15, -0.1) is 0 Å². The van der Waals surface area contributed by atoms with Crippen molar-refractivity contribution in [3.05, 3.63) is 0 Å². The van der Waals surface area contributed by atoms with Gasteiger partial charge in [0.15, 0.2) is 0 Å². The van der Waals surface area contributed by atoms with E-state index in [-0.39, 0.29) is 5.41 Å². The Hall–Kier alpha value is -0.370. The summed E-state index contributed by atoms with van der Waals surface area (Å²) in [6.45, 7) is 14.0. The van der Waals surface area contributed by atoms with Crippen molar-refractivity contribution in [1.29, 1.82) is 0 Å². The molecule has 1 saturated heterocycles. The Morgan fingerprint density at radius 1 is 1.18 bits per heavy atom. The SMILES string of the molecule is CC1(C)CCCN(CCC(=O)C(C)(C)C)CC1. The molecule has 0 aromatic rings. The largest absolute Gasteiger partial charge is 0.303 e. The first-order valence-corrected chi connectivity index (χ1v) is 6.96. The van der Waals surface area contributed by atoms with Gasteiger partial charge in [-0.05, 0) is 37.8 Å². The molecule has 0 amide bonds. The fraction of sp³-hybridized carbons (Fsp3) is 0.933. The van der Waals surface area contributed by atoms with E-state index in [1.165, 1.54) is 25.8 Å². The molecule has 0 radical (unpaired) electrons. The molecule has 0 N–H and O–H groups in total. The van der Waals surface area contributed by atoms with Crippen LogP contribution >= 0.6 is 0 Å². The summed E-state index contributed by atoms with van der Waals surface area (Å²) in [6.07, 6.45) is 4.56. The molecule has 0 bridgehead atoms. The Morgan fingerprint density at radius 3 is 2.41 bits per heavy atom. The molecule has 17 heavy (non-hydrogen) atoms. The van der Waals surface area contributed by atoms with Crippen molar-refractivity contribution in [2.24, 2.45) is 10.8 Å². The van der Waals surface area contributed by atoms with Crippen molar-refractivity contribution in [3.8, 4) is 0 Å². The van der Waals surface area contributed by atoms with Crippen molar-refractivity contribution in [1.82, 2.24) is 4.90 Å². The number of nitrogens with zero attached hydrogens (tertiary/aromatic N) is 1. The number of Topliss-reactive ketones (excluding diaryl/α,β-unsaturated/α-hetero) is 1. The third-order valence-electron chi connectivity index (χ3n) is 3.92. The van der Waals surface area contributed by atoms with Gasteiger partial charge in [-0.1, -0.05) is 34.6 Å². The third kappa shape index (κ3) is 5.20. The molecule has 100 valence electrons. The third-order valence-corrected chi connectivity index (χ3v) is 3.92. The van der Waals surface area contributed by atoms with Crippen LogP contribution in [0.25, 0.3) is 0 Å². The monoisotopic (exact) mass is 239 g/mol. The lowest BCUT2D eigenvalue weighted by molar-refractivity contribution is -0.126. The Balaban J connectivity index is 2.36. The molecule has 1 aliphatic rings. The smallest absolute Gasteiger partial charge is 0.139 e. The number of hydrogen-bond acceptors (Lipinski definition) is 2. The maximum absolute atomic E-state index is 11.9. The molecular weight excluding hydrogens is 210 g/mol. The number of ketones is 1. The summed E-state index contributed by atoms with van der Waals surface area (Å²) in [5.74, 6) is 0.390. The zero-order valence-corrected chi connectivity index (χ0v) is 12.3. The minimum absolute atomic E-state index is 0.175. The standard InChI is InChI=1S/C15H29NO/c1-14(2,3)13(17)7-11-16-10-6-8-15(4,5)9-12-16/h6-12H2,1-5H3. The van der Waals surface area contributed by atoms with Crippen LogP contribution in [0, 0.1) is 10.8 Å². The number of carbonyl (C=O) groups excluding carboxylic acids is 1. The summed E-state index contributed by atoms with van der Waals surface area (Å²) in [5, 5.41) is 0. The van der Waals surface area contributed by atoms with Crippen molar-refractivity contribution in [3.63, 3.8) is 0 Å². The highest BCUT2D eigenvalue weighted by Gasteiger charge is 2.25. The average molecular weight is 239 g/mol. The number of rotatable bonds is 3. The summed E-state index contributed by atoms with van der Waals surface area (Å²) in [5.41, 5.74) is 0.313. The molecule has 1 fully saturated rings. The molecule has 0 unspecified atom stereocenters. The fourth-order valence-corrected chi connectivity index (χ4v) is 2.34. The van der Waals surface area contributed by atoms with Crippen LogP contribution in [0.2, 0.25) is 0 Å². The summed E-state index contributed by atoms with van der Waals surface area (Å²) in [7, 11) is 0. The second kappa shape index (κ2) is 5.51. The first-order chi connectivity index (χ1) is 7.71. The van der Waals surface area contributed by atoms with Crippen LogP contribution in [0.1, 0.15) is 60.3 Å². The molecule has 1 heterocycles. The number of hydrogen-bond donors (Lipinski definition) is 0. The minimum atomic E-state index is -0.175. The van der Waals surface area contributed by atoms with Crippen molar-refractivity contribution in [2.75, 3.05) is 19.6 Å². The molecular formula is C15H29NO. The average Bonchev–Trinajstić information content (AvgIpc) is 2.34. The fourth-order valence-electron chi connectivity index (χ4n) is 2.34. The molecule has 0 aliphatic carbocycles. The molecule has 1 rings (SSSR count). The van der Waals surface area contributed by atoms with Crippen LogP contribution in [0.4, 0.5) is 0 Å². The molecule has 0 atom stereocenters. The Kier molecular flexibility index (Phi) is 4.77. The molecule has 2 heteroatoms. The van der Waals surface area contributed by atoms with Gasteiger partial charge < -0.3 is 4.90 Å². The topological polar surface area (TPSA) is 20.3 Å². The Morgan fingerprint density at radius 2 is 1.82 bits per heavy atom. The van der Waals surface area contributed by atoms with Crippen LogP contribution < -0.4 is 0 Å². The number of carbonyl (C=O) groups is 1. The van der Waals surface area contributed by atoms with E-state index in [1.54, 1.807) is 0 Å². The van der Waals surface area contributed by atoms with Gasteiger partial charge in [-0.3, -0.25) is 4.79 Å². The lowest BCUT2D eigenvalue weighted by atomic mass is 9.85. The summed E-state index contributed by atoms with van der Waals surface area (Å²) < 4.78 is 0. The lowest BCUT2D eigenvalue weighted by Crippen LogP contribution is -2.31. The van der Waals surface area contributed by atoms with E-state index in [0.29, 0.717) is 17.6 Å². The molecule has 0 spiro atoms. The predicted molar refractivity (Wildman–Crippen MR) is 73.2 cm³/mol. The highest BCUT2D eigenvalue weighted by atomic mass is 16.1. The van der Waals surface area contributed by atoms with E-state index in [0.717, 1.165) is 13.1 Å². The number of likely N-dealkylation sites (tertiary alicyclic amines) is 1. The summed E-state index contributed by atoms with van der Waals surface area (Å²) in [6, 6.07) is 0. The quantitative estimate of drug-likeness (QED) is 0.751. The second-order valence-electron chi connectivity index (χ2n) is 7.28. The van der Waals surface area contributed by atoms with Gasteiger partial charge in [0, 0.05) is 18.4 Å². The zero-order chi connectivity index (χ0) is 13.1. The van der Waals surface area contributed by atoms with Gasteiger partial charge in [0.2, 0.25) is 0 Å². The van der Waals surface area contributed by atoms with Gasteiger partial charge >= 0.3 is 0 Å². The van der Waals surface area contributed by atoms with Gasteiger partial charge in [0.1, 0.15) is 5.78 Å². The Labute approximate surface area is 107 Å². The molecule has 1 aliphatic heterocycles. The predicted octanol–water partition coefficient (Wildman–Crippen LogP) is 3.50. The highest BCUT2D eigenvalue weighted by Crippen LogP contribution is 2.29. The van der Waals surface area contributed by atoms with E-state index in [9.17, 15) is 4.79 Å². The maximum Gasteiger partial charge on any atom is 0.139 e. The molecule has 0 aromatic carbocycles. The highest BCUT2D eigenvalue weighted by molar-refractivity contribution is 5.83. The first kappa shape index (κ1) is 14.7. The summed E-state index contributed by atoms with van der Waals surface area (Å²) >= 11 is 0. The zero-order valence-electron chi connectivity index (χ0n) is 12.3. The molecule has 2 nitrogen and oxygen atoms in total. The van der Waals surface area contributed by atoms with Gasteiger partial charge in [-0.25, -0.2) is 0 Å². The normalized spacial score (nSPS) is 22.2. The maximum atomic E-state index is 11.9. The van der Waals surface area contributed by atoms with Crippen LogP contribution in [0.5, 0.6) is 0 Å². The van der Waals surface area contributed by atoms with Gasteiger partial charge in [0.05, 0.1) is 0 Å². The second-order valence-corrected chi connectivity index (χ2v) is 7.28. The van der Waals surface area contributed by atoms with Crippen molar-refractivity contribution >= 4 is 5.78 Å².